The van der Waals surface area contributed by atoms with Crippen molar-refractivity contribution < 1.29 is 0 Å². The molecule has 1 N–H and O–H groups in total. The minimum atomic E-state index is 0.528. The van der Waals surface area contributed by atoms with Crippen LogP contribution in [0.1, 0.15) is 58.1 Å². The summed E-state index contributed by atoms with van der Waals surface area (Å²) in [5, 5.41) is 3.68. The van der Waals surface area contributed by atoms with Crippen molar-refractivity contribution in [3.05, 3.63) is 33.4 Å². The summed E-state index contributed by atoms with van der Waals surface area (Å²) < 4.78 is 1.31. The van der Waals surface area contributed by atoms with Gasteiger partial charge in [0.05, 0.1) is 0 Å². The Balaban J connectivity index is 2.56. The van der Waals surface area contributed by atoms with E-state index in [2.05, 4.69) is 72.9 Å². The summed E-state index contributed by atoms with van der Waals surface area (Å²) in [5.74, 6) is 0.813. The Morgan fingerprint density at radius 1 is 1.11 bits per heavy atom. The SMILES string of the molecule is CCCNC(CCCC(C)C)c1ccc(I)cc1. The maximum absolute atomic E-state index is 3.68. The van der Waals surface area contributed by atoms with Crippen LogP contribution in [0.25, 0.3) is 0 Å². The van der Waals surface area contributed by atoms with Gasteiger partial charge in [0.25, 0.3) is 0 Å². The molecule has 1 atom stereocenters. The highest BCUT2D eigenvalue weighted by molar-refractivity contribution is 14.1. The topological polar surface area (TPSA) is 12.0 Å². The number of hydrogen-bond acceptors (Lipinski definition) is 1. The van der Waals surface area contributed by atoms with Crippen LogP contribution in [0.15, 0.2) is 24.3 Å². The van der Waals surface area contributed by atoms with E-state index >= 15 is 0 Å². The van der Waals surface area contributed by atoms with E-state index in [4.69, 9.17) is 0 Å². The van der Waals surface area contributed by atoms with Gasteiger partial charge in [-0.05, 0) is 65.6 Å². The van der Waals surface area contributed by atoms with E-state index in [9.17, 15) is 0 Å². The average molecular weight is 359 g/mol. The molecule has 0 aliphatic carbocycles. The standard InChI is InChI=1S/C16H26IN/c1-4-12-18-16(7-5-6-13(2)3)14-8-10-15(17)11-9-14/h8-11,13,16,18H,4-7,12H2,1-3H3. The van der Waals surface area contributed by atoms with Gasteiger partial charge in [-0.1, -0.05) is 45.7 Å². The maximum atomic E-state index is 3.68. The van der Waals surface area contributed by atoms with Gasteiger partial charge in [0.1, 0.15) is 0 Å². The number of benzene rings is 1. The predicted octanol–water partition coefficient (Wildman–Crippen LogP) is 5.16. The van der Waals surface area contributed by atoms with Crippen molar-refractivity contribution >= 4 is 22.6 Å². The normalized spacial score (nSPS) is 12.9. The van der Waals surface area contributed by atoms with Gasteiger partial charge < -0.3 is 5.32 Å². The van der Waals surface area contributed by atoms with Crippen molar-refractivity contribution in [2.24, 2.45) is 5.92 Å². The molecule has 0 aliphatic heterocycles. The minimum Gasteiger partial charge on any atom is -0.310 e. The van der Waals surface area contributed by atoms with Crippen molar-refractivity contribution in [1.29, 1.82) is 0 Å². The van der Waals surface area contributed by atoms with Crippen LogP contribution < -0.4 is 5.32 Å². The van der Waals surface area contributed by atoms with Crippen molar-refractivity contribution in [1.82, 2.24) is 5.32 Å². The first-order valence-electron chi connectivity index (χ1n) is 7.12. The van der Waals surface area contributed by atoms with E-state index in [1.54, 1.807) is 0 Å². The first kappa shape index (κ1) is 16.0. The fourth-order valence-corrected chi connectivity index (χ4v) is 2.49. The van der Waals surface area contributed by atoms with Gasteiger partial charge in [0, 0.05) is 9.61 Å². The van der Waals surface area contributed by atoms with Gasteiger partial charge in [-0.25, -0.2) is 0 Å². The van der Waals surface area contributed by atoms with Crippen LogP contribution in [-0.4, -0.2) is 6.54 Å². The first-order valence-corrected chi connectivity index (χ1v) is 8.20. The Hall–Kier alpha value is -0.0900. The second kappa shape index (κ2) is 8.92. The van der Waals surface area contributed by atoms with Crippen LogP contribution in [0, 0.1) is 9.49 Å². The summed E-state index contributed by atoms with van der Waals surface area (Å²) in [6.45, 7) is 7.95. The Morgan fingerprint density at radius 3 is 2.33 bits per heavy atom. The van der Waals surface area contributed by atoms with E-state index in [0.717, 1.165) is 12.5 Å². The maximum Gasteiger partial charge on any atom is 0.0320 e. The summed E-state index contributed by atoms with van der Waals surface area (Å²) in [7, 11) is 0. The van der Waals surface area contributed by atoms with Gasteiger partial charge in [0.15, 0.2) is 0 Å². The molecule has 0 saturated carbocycles. The summed E-state index contributed by atoms with van der Waals surface area (Å²) in [6, 6.07) is 9.48. The molecule has 0 fully saturated rings. The quantitative estimate of drug-likeness (QED) is 0.633. The molecule has 1 aromatic carbocycles. The highest BCUT2D eigenvalue weighted by Gasteiger charge is 2.10. The monoisotopic (exact) mass is 359 g/mol. The van der Waals surface area contributed by atoms with E-state index in [-0.39, 0.29) is 0 Å². The lowest BCUT2D eigenvalue weighted by Crippen LogP contribution is -2.22. The number of halogens is 1. The molecule has 0 aliphatic rings. The van der Waals surface area contributed by atoms with Crippen molar-refractivity contribution in [3.8, 4) is 0 Å². The number of rotatable bonds is 8. The molecule has 0 amide bonds. The van der Waals surface area contributed by atoms with Gasteiger partial charge in [-0.15, -0.1) is 0 Å². The summed E-state index contributed by atoms with van der Waals surface area (Å²) in [6.07, 6.45) is 5.09. The Morgan fingerprint density at radius 2 is 1.78 bits per heavy atom. The molecule has 0 aromatic heterocycles. The molecular weight excluding hydrogens is 333 g/mol. The first-order chi connectivity index (χ1) is 8.63. The zero-order valence-corrected chi connectivity index (χ0v) is 14.0. The fraction of sp³-hybridized carbons (Fsp3) is 0.625. The number of nitrogens with one attached hydrogen (secondary N) is 1. The highest BCUT2D eigenvalue weighted by atomic mass is 127. The molecule has 0 spiro atoms. The Labute approximate surface area is 126 Å². The van der Waals surface area contributed by atoms with Crippen LogP contribution in [0.4, 0.5) is 0 Å². The smallest absolute Gasteiger partial charge is 0.0320 e. The van der Waals surface area contributed by atoms with Crippen molar-refractivity contribution in [2.75, 3.05) is 6.54 Å². The summed E-state index contributed by atoms with van der Waals surface area (Å²) in [5.41, 5.74) is 1.44. The zero-order chi connectivity index (χ0) is 13.4. The molecule has 0 bridgehead atoms. The molecule has 1 rings (SSSR count). The third-order valence-corrected chi connectivity index (χ3v) is 3.91. The van der Waals surface area contributed by atoms with Crippen LogP contribution in [0.2, 0.25) is 0 Å². The van der Waals surface area contributed by atoms with Gasteiger partial charge >= 0.3 is 0 Å². The van der Waals surface area contributed by atoms with Gasteiger partial charge in [0.2, 0.25) is 0 Å². The Bertz CT molecular complexity index is 318. The third kappa shape index (κ3) is 6.19. The third-order valence-electron chi connectivity index (χ3n) is 3.19. The van der Waals surface area contributed by atoms with Crippen LogP contribution in [-0.2, 0) is 0 Å². The molecular formula is C16H26IN. The van der Waals surface area contributed by atoms with E-state index in [1.165, 1.54) is 34.8 Å². The molecule has 0 saturated heterocycles. The van der Waals surface area contributed by atoms with Crippen LogP contribution in [0.5, 0.6) is 0 Å². The minimum absolute atomic E-state index is 0.528. The molecule has 0 radical (unpaired) electrons. The average Bonchev–Trinajstić information content (AvgIpc) is 2.34. The molecule has 1 aromatic rings. The molecule has 0 heterocycles. The lowest BCUT2D eigenvalue weighted by Gasteiger charge is -2.19. The summed E-state index contributed by atoms with van der Waals surface area (Å²) in [4.78, 5) is 0. The second-order valence-electron chi connectivity index (χ2n) is 5.38. The van der Waals surface area contributed by atoms with Crippen LogP contribution in [0.3, 0.4) is 0 Å². The number of hydrogen-bond donors (Lipinski definition) is 1. The van der Waals surface area contributed by atoms with Crippen molar-refractivity contribution in [3.63, 3.8) is 0 Å². The molecule has 1 unspecified atom stereocenters. The van der Waals surface area contributed by atoms with Gasteiger partial charge in [-0.2, -0.15) is 0 Å². The zero-order valence-electron chi connectivity index (χ0n) is 11.9. The van der Waals surface area contributed by atoms with Gasteiger partial charge in [-0.3, -0.25) is 0 Å². The lowest BCUT2D eigenvalue weighted by atomic mass is 9.98. The molecule has 2 heteroatoms. The van der Waals surface area contributed by atoms with Crippen molar-refractivity contribution in [2.45, 2.75) is 52.5 Å². The van der Waals surface area contributed by atoms with E-state index in [1.807, 2.05) is 0 Å². The summed E-state index contributed by atoms with van der Waals surface area (Å²) >= 11 is 2.37. The predicted molar refractivity (Wildman–Crippen MR) is 88.9 cm³/mol. The molecule has 18 heavy (non-hydrogen) atoms. The highest BCUT2D eigenvalue weighted by Crippen LogP contribution is 2.21. The fourth-order valence-electron chi connectivity index (χ4n) is 2.13. The van der Waals surface area contributed by atoms with E-state index in [0.29, 0.717) is 6.04 Å². The molecule has 102 valence electrons. The van der Waals surface area contributed by atoms with Crippen LogP contribution >= 0.6 is 22.6 Å². The lowest BCUT2D eigenvalue weighted by molar-refractivity contribution is 0.447. The molecule has 1 nitrogen and oxygen atoms in total. The second-order valence-corrected chi connectivity index (χ2v) is 6.63. The van der Waals surface area contributed by atoms with E-state index < -0.39 is 0 Å². The largest absolute Gasteiger partial charge is 0.310 e. The Kier molecular flexibility index (Phi) is 7.91.